The van der Waals surface area contributed by atoms with E-state index in [9.17, 15) is 8.42 Å². The van der Waals surface area contributed by atoms with Crippen molar-refractivity contribution in [3.8, 4) is 11.1 Å². The Morgan fingerprint density at radius 3 is 2.29 bits per heavy atom. The maximum absolute atomic E-state index is 11.3. The van der Waals surface area contributed by atoms with E-state index >= 15 is 0 Å². The van der Waals surface area contributed by atoms with Crippen LogP contribution < -0.4 is 0 Å². The van der Waals surface area contributed by atoms with Gasteiger partial charge in [-0.05, 0) is 17.7 Å². The Balaban J connectivity index is 2.61. The number of aromatic nitrogens is 2. The molecule has 0 atom stereocenters. The minimum Gasteiger partial charge on any atom is -0.244 e. The van der Waals surface area contributed by atoms with Crippen LogP contribution in [0.1, 0.15) is 0 Å². The molecule has 0 aliphatic heterocycles. The van der Waals surface area contributed by atoms with Crippen molar-refractivity contribution >= 4 is 31.3 Å². The zero-order valence-electron chi connectivity index (χ0n) is 8.34. The Kier molecular flexibility index (Phi) is 3.33. The van der Waals surface area contributed by atoms with E-state index in [1.54, 1.807) is 18.5 Å². The number of benzene rings is 1. The van der Waals surface area contributed by atoms with Gasteiger partial charge in [0.2, 0.25) is 0 Å². The Hall–Kier alpha value is -1.17. The summed E-state index contributed by atoms with van der Waals surface area (Å²) in [5.74, 6) is 0. The summed E-state index contributed by atoms with van der Waals surface area (Å²) in [5.41, 5.74) is 1.32. The van der Waals surface area contributed by atoms with Crippen molar-refractivity contribution in [3.05, 3.63) is 41.9 Å². The molecule has 7 heteroatoms. The van der Waals surface area contributed by atoms with Gasteiger partial charge in [-0.25, -0.2) is 18.4 Å². The molecule has 0 amide bonds. The van der Waals surface area contributed by atoms with Gasteiger partial charge in [-0.3, -0.25) is 0 Å². The highest BCUT2D eigenvalue weighted by Gasteiger charge is 2.15. The van der Waals surface area contributed by atoms with Gasteiger partial charge in [-0.1, -0.05) is 17.7 Å². The highest BCUT2D eigenvalue weighted by Crippen LogP contribution is 2.29. The quantitative estimate of drug-likeness (QED) is 0.797. The highest BCUT2D eigenvalue weighted by molar-refractivity contribution is 8.13. The SMILES string of the molecule is O=S(=O)(Cl)c1cc(-c2cncnc2)ccc1Cl. The third-order valence-electron chi connectivity index (χ3n) is 2.09. The average Bonchev–Trinajstić information content (AvgIpc) is 2.29. The van der Waals surface area contributed by atoms with E-state index in [1.165, 1.54) is 18.5 Å². The zero-order valence-corrected chi connectivity index (χ0v) is 10.7. The minimum atomic E-state index is -3.86. The fourth-order valence-electron chi connectivity index (χ4n) is 1.32. The van der Waals surface area contributed by atoms with Gasteiger partial charge in [-0.2, -0.15) is 0 Å². The van der Waals surface area contributed by atoms with Gasteiger partial charge < -0.3 is 0 Å². The van der Waals surface area contributed by atoms with Crippen molar-refractivity contribution in [3.63, 3.8) is 0 Å². The van der Waals surface area contributed by atoms with Crippen LogP contribution >= 0.6 is 22.3 Å². The molecule has 2 rings (SSSR count). The molecule has 0 bridgehead atoms. The Morgan fingerprint density at radius 2 is 1.71 bits per heavy atom. The number of halogens is 2. The normalized spacial score (nSPS) is 11.4. The van der Waals surface area contributed by atoms with Gasteiger partial charge in [0.05, 0.1) is 5.02 Å². The van der Waals surface area contributed by atoms with Crippen LogP contribution in [0.3, 0.4) is 0 Å². The van der Waals surface area contributed by atoms with Crippen molar-refractivity contribution in [2.45, 2.75) is 4.90 Å². The molecule has 2 aromatic rings. The van der Waals surface area contributed by atoms with Crippen molar-refractivity contribution < 1.29 is 8.42 Å². The van der Waals surface area contributed by atoms with E-state index in [1.807, 2.05) is 0 Å². The molecule has 0 radical (unpaired) electrons. The Labute approximate surface area is 108 Å². The van der Waals surface area contributed by atoms with Gasteiger partial charge in [-0.15, -0.1) is 0 Å². The van der Waals surface area contributed by atoms with E-state index < -0.39 is 9.05 Å². The van der Waals surface area contributed by atoms with Gasteiger partial charge in [0.15, 0.2) is 0 Å². The van der Waals surface area contributed by atoms with E-state index in [0.29, 0.717) is 11.1 Å². The molecule has 1 aromatic carbocycles. The fourth-order valence-corrected chi connectivity index (χ4v) is 2.81. The van der Waals surface area contributed by atoms with Gasteiger partial charge in [0, 0.05) is 28.6 Å². The monoisotopic (exact) mass is 288 g/mol. The van der Waals surface area contributed by atoms with Crippen LogP contribution in [-0.4, -0.2) is 18.4 Å². The van der Waals surface area contributed by atoms with Crippen LogP contribution in [0, 0.1) is 0 Å². The first-order valence-corrected chi connectivity index (χ1v) is 7.17. The van der Waals surface area contributed by atoms with E-state index in [-0.39, 0.29) is 9.92 Å². The lowest BCUT2D eigenvalue weighted by Gasteiger charge is -2.04. The molecule has 0 spiro atoms. The first kappa shape index (κ1) is 12.3. The smallest absolute Gasteiger partial charge is 0.244 e. The van der Waals surface area contributed by atoms with Crippen molar-refractivity contribution in [1.82, 2.24) is 9.97 Å². The number of rotatable bonds is 2. The molecular weight excluding hydrogens is 283 g/mol. The second kappa shape index (κ2) is 4.60. The van der Waals surface area contributed by atoms with Crippen LogP contribution in [0.5, 0.6) is 0 Å². The van der Waals surface area contributed by atoms with Crippen molar-refractivity contribution in [1.29, 1.82) is 0 Å². The first-order valence-electron chi connectivity index (χ1n) is 4.48. The molecule has 88 valence electrons. The van der Waals surface area contributed by atoms with Crippen LogP contribution in [0.15, 0.2) is 41.8 Å². The van der Waals surface area contributed by atoms with E-state index in [0.717, 1.165) is 0 Å². The molecule has 0 unspecified atom stereocenters. The summed E-state index contributed by atoms with van der Waals surface area (Å²) in [4.78, 5) is 7.57. The molecule has 1 aromatic heterocycles. The topological polar surface area (TPSA) is 59.9 Å². The number of nitrogens with zero attached hydrogens (tertiary/aromatic N) is 2. The zero-order chi connectivity index (χ0) is 12.5. The molecule has 0 saturated heterocycles. The molecule has 0 fully saturated rings. The molecule has 17 heavy (non-hydrogen) atoms. The predicted molar refractivity (Wildman–Crippen MR) is 65.5 cm³/mol. The third kappa shape index (κ3) is 2.74. The van der Waals surface area contributed by atoms with Crippen molar-refractivity contribution in [2.24, 2.45) is 0 Å². The Morgan fingerprint density at radius 1 is 1.06 bits per heavy atom. The molecule has 0 aliphatic rings. The summed E-state index contributed by atoms with van der Waals surface area (Å²) >= 11 is 5.77. The van der Waals surface area contributed by atoms with Crippen LogP contribution in [0.2, 0.25) is 5.02 Å². The van der Waals surface area contributed by atoms with Gasteiger partial charge >= 0.3 is 0 Å². The molecule has 0 aliphatic carbocycles. The van der Waals surface area contributed by atoms with Crippen LogP contribution in [-0.2, 0) is 9.05 Å². The third-order valence-corrected chi connectivity index (χ3v) is 3.89. The summed E-state index contributed by atoms with van der Waals surface area (Å²) in [6.07, 6.45) is 4.53. The standard InChI is InChI=1S/C10H6Cl2N2O2S/c11-9-2-1-7(3-10(9)17(12,15)16)8-4-13-6-14-5-8/h1-6H. The number of hydrogen-bond acceptors (Lipinski definition) is 4. The lowest BCUT2D eigenvalue weighted by atomic mass is 10.1. The second-order valence-corrected chi connectivity index (χ2v) is 6.15. The maximum Gasteiger partial charge on any atom is 0.262 e. The lowest BCUT2D eigenvalue weighted by molar-refractivity contribution is 0.609. The predicted octanol–water partition coefficient (Wildman–Crippen LogP) is 2.72. The molecule has 1 heterocycles. The Bertz CT molecular complexity index is 645. The summed E-state index contributed by atoms with van der Waals surface area (Å²) in [5, 5.41) is 0.0839. The average molecular weight is 289 g/mol. The van der Waals surface area contributed by atoms with Crippen LogP contribution in [0.25, 0.3) is 11.1 Å². The van der Waals surface area contributed by atoms with Gasteiger partial charge in [0.25, 0.3) is 9.05 Å². The molecule has 0 N–H and O–H groups in total. The summed E-state index contributed by atoms with van der Waals surface area (Å²) in [7, 11) is 1.42. The summed E-state index contributed by atoms with van der Waals surface area (Å²) in [6, 6.07) is 4.54. The van der Waals surface area contributed by atoms with Gasteiger partial charge in [0.1, 0.15) is 11.2 Å². The largest absolute Gasteiger partial charge is 0.262 e. The fraction of sp³-hybridized carbons (Fsp3) is 0. The minimum absolute atomic E-state index is 0.0839. The van der Waals surface area contributed by atoms with Crippen LogP contribution in [0.4, 0.5) is 0 Å². The molecule has 4 nitrogen and oxygen atoms in total. The number of hydrogen-bond donors (Lipinski definition) is 0. The molecule has 0 saturated carbocycles. The summed E-state index contributed by atoms with van der Waals surface area (Å²) < 4.78 is 22.6. The summed E-state index contributed by atoms with van der Waals surface area (Å²) in [6.45, 7) is 0. The molecular formula is C10H6Cl2N2O2S. The van der Waals surface area contributed by atoms with Crippen molar-refractivity contribution in [2.75, 3.05) is 0 Å². The second-order valence-electron chi connectivity index (χ2n) is 3.21. The van der Waals surface area contributed by atoms with E-state index in [2.05, 4.69) is 9.97 Å². The first-order chi connectivity index (χ1) is 7.98. The maximum atomic E-state index is 11.3. The van der Waals surface area contributed by atoms with E-state index in [4.69, 9.17) is 22.3 Å². The highest BCUT2D eigenvalue weighted by atomic mass is 35.7. The lowest BCUT2D eigenvalue weighted by Crippen LogP contribution is -1.93.